The first-order valence-corrected chi connectivity index (χ1v) is 8.58. The van der Waals surface area contributed by atoms with Gasteiger partial charge in [-0.2, -0.15) is 5.10 Å². The van der Waals surface area contributed by atoms with Gasteiger partial charge in [0.1, 0.15) is 5.69 Å². The molecule has 1 saturated carbocycles. The second kappa shape index (κ2) is 9.09. The molecule has 3 heteroatoms. The van der Waals surface area contributed by atoms with Crippen LogP contribution in [0.15, 0.2) is 18.2 Å². The molecule has 1 aliphatic carbocycles. The number of aromatic nitrogens is 2. The summed E-state index contributed by atoms with van der Waals surface area (Å²) in [6.07, 6.45) is 11.1. The molecule has 0 unspecified atom stereocenters. The monoisotopic (exact) mass is 308 g/mol. The van der Waals surface area contributed by atoms with Gasteiger partial charge in [0.15, 0.2) is 0 Å². The molecule has 1 aromatic heterocycles. The van der Waals surface area contributed by atoms with Gasteiger partial charge in [0.25, 0.3) is 0 Å². The average Bonchev–Trinajstić information content (AvgIpc) is 2.89. The van der Waals surface area contributed by atoms with Crippen molar-refractivity contribution in [2.45, 2.75) is 66.2 Å². The van der Waals surface area contributed by atoms with E-state index in [-0.39, 0.29) is 0 Å². The molecule has 1 aliphatic rings. The van der Waals surface area contributed by atoms with Gasteiger partial charge in [0.05, 0.1) is 10.7 Å². The smallest absolute Gasteiger partial charge is 0.111 e. The highest BCUT2D eigenvalue weighted by Crippen LogP contribution is 2.39. The number of rotatable bonds is 3. The molecule has 0 bridgehead atoms. The Morgan fingerprint density at radius 1 is 1.19 bits per heavy atom. The summed E-state index contributed by atoms with van der Waals surface area (Å²) >= 11 is 6.53. The number of H-pyrrole nitrogens is 1. The third-order valence-corrected chi connectivity index (χ3v) is 4.47. The van der Waals surface area contributed by atoms with Crippen LogP contribution in [0.1, 0.15) is 77.6 Å². The number of allylic oxidation sites excluding steroid dienone is 4. The van der Waals surface area contributed by atoms with Crippen LogP contribution in [0.3, 0.4) is 0 Å². The lowest BCUT2D eigenvalue weighted by molar-refractivity contribution is 0.344. The van der Waals surface area contributed by atoms with E-state index in [9.17, 15) is 0 Å². The molecule has 1 aromatic rings. The zero-order valence-electron chi connectivity index (χ0n) is 14.0. The fraction of sp³-hybridized carbons (Fsp3) is 0.611. The van der Waals surface area contributed by atoms with Crippen LogP contribution in [-0.4, -0.2) is 10.2 Å². The molecule has 1 N–H and O–H groups in total. The maximum absolute atomic E-state index is 6.53. The summed E-state index contributed by atoms with van der Waals surface area (Å²) in [5, 5.41) is 8.41. The topological polar surface area (TPSA) is 28.7 Å². The van der Waals surface area contributed by atoms with E-state index in [0.29, 0.717) is 5.92 Å². The minimum Gasteiger partial charge on any atom is -0.280 e. The summed E-state index contributed by atoms with van der Waals surface area (Å²) in [5.74, 6) is 1.40. The molecule has 0 atom stereocenters. The van der Waals surface area contributed by atoms with Crippen molar-refractivity contribution in [3.8, 4) is 0 Å². The first kappa shape index (κ1) is 18.0. The molecule has 0 aliphatic heterocycles. The predicted octanol–water partition coefficient (Wildman–Crippen LogP) is 6.36. The van der Waals surface area contributed by atoms with E-state index in [1.54, 1.807) is 0 Å². The third-order valence-electron chi connectivity index (χ3n) is 4.09. The molecule has 0 radical (unpaired) electrons. The highest BCUT2D eigenvalue weighted by molar-refractivity contribution is 6.33. The Balaban J connectivity index is 0.00000106. The lowest BCUT2D eigenvalue weighted by atomic mass is 9.81. The Labute approximate surface area is 134 Å². The summed E-state index contributed by atoms with van der Waals surface area (Å²) < 4.78 is 0. The first-order valence-electron chi connectivity index (χ1n) is 8.20. The van der Waals surface area contributed by atoms with Gasteiger partial charge < -0.3 is 0 Å². The van der Waals surface area contributed by atoms with Crippen molar-refractivity contribution in [3.05, 3.63) is 34.6 Å². The first-order chi connectivity index (χ1) is 10.2. The summed E-state index contributed by atoms with van der Waals surface area (Å²) in [7, 11) is 0. The van der Waals surface area contributed by atoms with Gasteiger partial charge in [-0.25, -0.2) is 0 Å². The molecule has 0 spiro atoms. The van der Waals surface area contributed by atoms with E-state index in [2.05, 4.69) is 29.3 Å². The van der Waals surface area contributed by atoms with E-state index >= 15 is 0 Å². The normalized spacial score (nSPS) is 23.0. The van der Waals surface area contributed by atoms with Crippen LogP contribution >= 0.6 is 11.6 Å². The van der Waals surface area contributed by atoms with Crippen LogP contribution in [0.4, 0.5) is 0 Å². The van der Waals surface area contributed by atoms with Crippen molar-refractivity contribution in [2.24, 2.45) is 5.92 Å². The summed E-state index contributed by atoms with van der Waals surface area (Å²) in [6, 6.07) is 0. The maximum Gasteiger partial charge on any atom is 0.111 e. The van der Waals surface area contributed by atoms with E-state index in [1.807, 2.05) is 33.8 Å². The van der Waals surface area contributed by atoms with Crippen LogP contribution in [0.5, 0.6) is 0 Å². The number of aromatic amines is 1. The van der Waals surface area contributed by atoms with Crippen molar-refractivity contribution < 1.29 is 0 Å². The summed E-state index contributed by atoms with van der Waals surface area (Å²) in [4.78, 5) is 0. The average molecular weight is 309 g/mol. The van der Waals surface area contributed by atoms with Gasteiger partial charge in [-0.05, 0) is 38.2 Å². The highest BCUT2D eigenvalue weighted by Gasteiger charge is 2.25. The number of halogens is 1. The predicted molar refractivity (Wildman–Crippen MR) is 93.8 cm³/mol. The Kier molecular flexibility index (Phi) is 7.81. The quantitative estimate of drug-likeness (QED) is 0.646. The van der Waals surface area contributed by atoms with E-state index in [4.69, 9.17) is 11.6 Å². The van der Waals surface area contributed by atoms with E-state index in [0.717, 1.165) is 27.9 Å². The van der Waals surface area contributed by atoms with Crippen molar-refractivity contribution >= 4 is 17.2 Å². The molecule has 21 heavy (non-hydrogen) atoms. The van der Waals surface area contributed by atoms with Gasteiger partial charge in [-0.15, -0.1) is 0 Å². The molecule has 2 rings (SSSR count). The molecule has 0 saturated heterocycles. The standard InChI is InChI=1S/C16H23ClN2.C2H6/c1-4-6-12(5-2)15-14(17)16(19-18-15)13-9-7-11(3)8-10-13;1-2/h4-6,11,13H,7-10H2,1-3H3,(H,18,19);1-2H3/b6-4-,12-5+;. The maximum atomic E-state index is 6.53. The molecule has 118 valence electrons. The van der Waals surface area contributed by atoms with Crippen molar-refractivity contribution in [3.63, 3.8) is 0 Å². The largest absolute Gasteiger partial charge is 0.280 e. The number of nitrogens with zero attached hydrogens (tertiary/aromatic N) is 1. The molecule has 1 fully saturated rings. The van der Waals surface area contributed by atoms with Crippen molar-refractivity contribution in [1.29, 1.82) is 0 Å². The minimum atomic E-state index is 0.550. The highest BCUT2D eigenvalue weighted by atomic mass is 35.5. The third kappa shape index (κ3) is 4.47. The van der Waals surface area contributed by atoms with Gasteiger partial charge in [0, 0.05) is 5.92 Å². The number of hydrogen-bond acceptors (Lipinski definition) is 1. The Hall–Kier alpha value is -1.02. The lowest BCUT2D eigenvalue weighted by Crippen LogP contribution is -2.11. The molecule has 0 amide bonds. The zero-order valence-corrected chi connectivity index (χ0v) is 14.8. The van der Waals surface area contributed by atoms with Crippen LogP contribution in [0, 0.1) is 5.92 Å². The molecular weight excluding hydrogens is 280 g/mol. The van der Waals surface area contributed by atoms with Crippen LogP contribution < -0.4 is 0 Å². The second-order valence-corrected chi connectivity index (χ2v) is 5.88. The molecule has 1 heterocycles. The summed E-state index contributed by atoms with van der Waals surface area (Å²) in [5.41, 5.74) is 3.10. The van der Waals surface area contributed by atoms with Gasteiger partial charge >= 0.3 is 0 Å². The number of nitrogens with one attached hydrogen (secondary N) is 1. The fourth-order valence-electron chi connectivity index (χ4n) is 2.84. The van der Waals surface area contributed by atoms with E-state index < -0.39 is 0 Å². The SMILES string of the molecule is C/C=C\C(=C/C)c1n[nH]c(C2CCC(C)CC2)c1Cl.CC. The Morgan fingerprint density at radius 3 is 2.33 bits per heavy atom. The molecule has 2 nitrogen and oxygen atoms in total. The lowest BCUT2D eigenvalue weighted by Gasteiger charge is -2.25. The Morgan fingerprint density at radius 2 is 1.81 bits per heavy atom. The fourth-order valence-corrected chi connectivity index (χ4v) is 3.19. The zero-order chi connectivity index (χ0) is 15.8. The minimum absolute atomic E-state index is 0.550. The van der Waals surface area contributed by atoms with Crippen molar-refractivity contribution in [2.75, 3.05) is 0 Å². The summed E-state index contributed by atoms with van der Waals surface area (Å²) in [6.45, 7) is 10.4. The second-order valence-electron chi connectivity index (χ2n) is 5.50. The van der Waals surface area contributed by atoms with Gasteiger partial charge in [-0.3, -0.25) is 5.10 Å². The van der Waals surface area contributed by atoms with Crippen LogP contribution in [0.2, 0.25) is 5.02 Å². The van der Waals surface area contributed by atoms with Gasteiger partial charge in [-0.1, -0.05) is 63.4 Å². The molecule has 0 aromatic carbocycles. The molecular formula is C18H29ClN2. The van der Waals surface area contributed by atoms with Gasteiger partial charge in [0.2, 0.25) is 0 Å². The van der Waals surface area contributed by atoms with Crippen LogP contribution in [-0.2, 0) is 0 Å². The van der Waals surface area contributed by atoms with Crippen LogP contribution in [0.25, 0.3) is 5.57 Å². The number of hydrogen-bond donors (Lipinski definition) is 1. The Bertz CT molecular complexity index is 477. The van der Waals surface area contributed by atoms with E-state index in [1.165, 1.54) is 25.7 Å². The van der Waals surface area contributed by atoms with Crippen molar-refractivity contribution in [1.82, 2.24) is 10.2 Å².